The van der Waals surface area contributed by atoms with E-state index in [2.05, 4.69) is 11.3 Å². The van der Waals surface area contributed by atoms with Gasteiger partial charge in [-0.1, -0.05) is 12.1 Å². The standard InChI is InChI=1S/C13H16F2N2/c1-2-3-4-7-11(17-16)9-10-6-5-8-12(14)13(10)15/h1,5-6,8,11,17H,3-4,7,9,16H2. The monoisotopic (exact) mass is 238 g/mol. The van der Waals surface area contributed by atoms with E-state index >= 15 is 0 Å². The van der Waals surface area contributed by atoms with Gasteiger partial charge in [0.05, 0.1) is 0 Å². The molecule has 0 amide bonds. The van der Waals surface area contributed by atoms with Crippen LogP contribution in [0.15, 0.2) is 18.2 Å². The second kappa shape index (κ2) is 7.00. The van der Waals surface area contributed by atoms with Gasteiger partial charge in [0.2, 0.25) is 0 Å². The lowest BCUT2D eigenvalue weighted by molar-refractivity contribution is 0.454. The van der Waals surface area contributed by atoms with Gasteiger partial charge < -0.3 is 0 Å². The number of rotatable bonds is 6. The van der Waals surface area contributed by atoms with Gasteiger partial charge >= 0.3 is 0 Å². The Labute approximate surface area is 100 Å². The maximum absolute atomic E-state index is 13.4. The lowest BCUT2D eigenvalue weighted by atomic mass is 10.0. The van der Waals surface area contributed by atoms with Crippen molar-refractivity contribution in [2.75, 3.05) is 0 Å². The number of halogens is 2. The molecule has 17 heavy (non-hydrogen) atoms. The van der Waals surface area contributed by atoms with Gasteiger partial charge in [0, 0.05) is 12.5 Å². The van der Waals surface area contributed by atoms with Crippen molar-refractivity contribution in [1.29, 1.82) is 0 Å². The average Bonchev–Trinajstić information content (AvgIpc) is 2.33. The first-order chi connectivity index (χ1) is 8.19. The normalized spacial score (nSPS) is 12.1. The maximum Gasteiger partial charge on any atom is 0.162 e. The summed E-state index contributed by atoms with van der Waals surface area (Å²) >= 11 is 0. The zero-order valence-corrected chi connectivity index (χ0v) is 9.55. The van der Waals surface area contributed by atoms with Crippen molar-refractivity contribution in [2.24, 2.45) is 5.84 Å². The van der Waals surface area contributed by atoms with Gasteiger partial charge in [-0.15, -0.1) is 12.3 Å². The molecule has 0 aliphatic carbocycles. The molecular weight excluding hydrogens is 222 g/mol. The summed E-state index contributed by atoms with van der Waals surface area (Å²) in [7, 11) is 0. The molecule has 0 aliphatic heterocycles. The van der Waals surface area contributed by atoms with Crippen molar-refractivity contribution in [2.45, 2.75) is 31.7 Å². The molecule has 1 atom stereocenters. The fourth-order valence-corrected chi connectivity index (χ4v) is 1.67. The summed E-state index contributed by atoms with van der Waals surface area (Å²) in [4.78, 5) is 0. The Hall–Kier alpha value is -1.44. The van der Waals surface area contributed by atoms with Crippen LogP contribution < -0.4 is 11.3 Å². The number of hydrogen-bond donors (Lipinski definition) is 2. The van der Waals surface area contributed by atoms with Crippen LogP contribution in [-0.4, -0.2) is 6.04 Å². The van der Waals surface area contributed by atoms with Crippen LogP contribution in [0.3, 0.4) is 0 Å². The van der Waals surface area contributed by atoms with Crippen molar-refractivity contribution in [3.63, 3.8) is 0 Å². The second-order valence-electron chi connectivity index (χ2n) is 3.88. The third-order valence-electron chi connectivity index (χ3n) is 2.61. The Morgan fingerprint density at radius 1 is 1.41 bits per heavy atom. The van der Waals surface area contributed by atoms with E-state index in [0.717, 1.165) is 18.9 Å². The molecule has 0 saturated heterocycles. The maximum atomic E-state index is 13.4. The molecular formula is C13H16F2N2. The fourth-order valence-electron chi connectivity index (χ4n) is 1.67. The largest absolute Gasteiger partial charge is 0.271 e. The third kappa shape index (κ3) is 4.14. The molecule has 0 spiro atoms. The second-order valence-corrected chi connectivity index (χ2v) is 3.88. The predicted molar refractivity (Wildman–Crippen MR) is 63.9 cm³/mol. The van der Waals surface area contributed by atoms with Crippen molar-refractivity contribution in [3.8, 4) is 12.3 Å². The molecule has 1 aromatic rings. The molecule has 0 aliphatic rings. The number of nitrogens with two attached hydrogens (primary N) is 1. The Morgan fingerprint density at radius 3 is 2.82 bits per heavy atom. The SMILES string of the molecule is C#CCCCC(Cc1cccc(F)c1F)NN. The molecule has 1 unspecified atom stereocenters. The highest BCUT2D eigenvalue weighted by Crippen LogP contribution is 2.15. The number of unbranched alkanes of at least 4 members (excludes halogenated alkanes) is 1. The van der Waals surface area contributed by atoms with E-state index in [0.29, 0.717) is 18.4 Å². The number of benzene rings is 1. The van der Waals surface area contributed by atoms with E-state index in [9.17, 15) is 8.78 Å². The van der Waals surface area contributed by atoms with Gasteiger partial charge in [-0.05, 0) is 30.9 Å². The van der Waals surface area contributed by atoms with Gasteiger partial charge in [-0.2, -0.15) is 0 Å². The topological polar surface area (TPSA) is 38.0 Å². The Bertz CT molecular complexity index is 399. The number of hydrazine groups is 1. The van der Waals surface area contributed by atoms with Gasteiger partial charge in [-0.3, -0.25) is 11.3 Å². The van der Waals surface area contributed by atoms with E-state index in [-0.39, 0.29) is 6.04 Å². The molecule has 0 heterocycles. The van der Waals surface area contributed by atoms with Crippen LogP contribution in [0.2, 0.25) is 0 Å². The summed E-state index contributed by atoms with van der Waals surface area (Å²) in [5.41, 5.74) is 2.93. The molecule has 3 N–H and O–H groups in total. The first-order valence-electron chi connectivity index (χ1n) is 5.51. The quantitative estimate of drug-likeness (QED) is 0.345. The van der Waals surface area contributed by atoms with Crippen LogP contribution in [0, 0.1) is 24.0 Å². The van der Waals surface area contributed by atoms with Gasteiger partial charge in [0.15, 0.2) is 11.6 Å². The summed E-state index contributed by atoms with van der Waals surface area (Å²) in [6.45, 7) is 0. The Kier molecular flexibility index (Phi) is 5.61. The molecule has 0 fully saturated rings. The first kappa shape index (κ1) is 13.6. The zero-order valence-electron chi connectivity index (χ0n) is 9.55. The summed E-state index contributed by atoms with van der Waals surface area (Å²) < 4.78 is 26.4. The molecule has 1 aromatic carbocycles. The lowest BCUT2D eigenvalue weighted by Gasteiger charge is -2.15. The minimum absolute atomic E-state index is 0.0975. The molecule has 92 valence electrons. The highest BCUT2D eigenvalue weighted by Gasteiger charge is 2.13. The third-order valence-corrected chi connectivity index (χ3v) is 2.61. The minimum Gasteiger partial charge on any atom is -0.271 e. The fraction of sp³-hybridized carbons (Fsp3) is 0.385. The van der Waals surface area contributed by atoms with Crippen LogP contribution in [0.4, 0.5) is 8.78 Å². The summed E-state index contributed by atoms with van der Waals surface area (Å²) in [6.07, 6.45) is 7.69. The van der Waals surface area contributed by atoms with E-state index in [4.69, 9.17) is 12.3 Å². The summed E-state index contributed by atoms with van der Waals surface area (Å²) in [5.74, 6) is 6.27. The van der Waals surface area contributed by atoms with Crippen molar-refractivity contribution < 1.29 is 8.78 Å². The van der Waals surface area contributed by atoms with Crippen LogP contribution in [0.1, 0.15) is 24.8 Å². The number of nitrogens with one attached hydrogen (secondary N) is 1. The van der Waals surface area contributed by atoms with E-state index < -0.39 is 11.6 Å². The lowest BCUT2D eigenvalue weighted by Crippen LogP contribution is -2.37. The van der Waals surface area contributed by atoms with E-state index in [1.807, 2.05) is 0 Å². The molecule has 4 heteroatoms. The molecule has 0 saturated carbocycles. The van der Waals surface area contributed by atoms with Crippen LogP contribution in [-0.2, 0) is 6.42 Å². The van der Waals surface area contributed by atoms with Gasteiger partial charge in [0.25, 0.3) is 0 Å². The highest BCUT2D eigenvalue weighted by atomic mass is 19.2. The molecule has 0 bridgehead atoms. The Balaban J connectivity index is 2.61. The predicted octanol–water partition coefficient (Wildman–Crippen LogP) is 2.14. The van der Waals surface area contributed by atoms with Crippen molar-refractivity contribution >= 4 is 0 Å². The molecule has 0 aromatic heterocycles. The molecule has 1 rings (SSSR count). The first-order valence-corrected chi connectivity index (χ1v) is 5.51. The minimum atomic E-state index is -0.832. The van der Waals surface area contributed by atoms with Crippen molar-refractivity contribution in [1.82, 2.24) is 5.43 Å². The number of hydrogen-bond acceptors (Lipinski definition) is 2. The Morgan fingerprint density at radius 2 is 2.18 bits per heavy atom. The molecule has 2 nitrogen and oxygen atoms in total. The summed E-state index contributed by atoms with van der Waals surface area (Å²) in [5, 5.41) is 0. The van der Waals surface area contributed by atoms with Crippen LogP contribution >= 0.6 is 0 Å². The summed E-state index contributed by atoms with van der Waals surface area (Å²) in [6, 6.07) is 4.05. The van der Waals surface area contributed by atoms with Gasteiger partial charge in [0.1, 0.15) is 0 Å². The smallest absolute Gasteiger partial charge is 0.162 e. The highest BCUT2D eigenvalue weighted by molar-refractivity contribution is 5.20. The van der Waals surface area contributed by atoms with Crippen molar-refractivity contribution in [3.05, 3.63) is 35.4 Å². The number of terminal acetylenes is 1. The van der Waals surface area contributed by atoms with E-state index in [1.165, 1.54) is 6.07 Å². The molecule has 0 radical (unpaired) electrons. The van der Waals surface area contributed by atoms with Crippen LogP contribution in [0.5, 0.6) is 0 Å². The zero-order chi connectivity index (χ0) is 12.7. The van der Waals surface area contributed by atoms with E-state index in [1.54, 1.807) is 6.07 Å². The van der Waals surface area contributed by atoms with Gasteiger partial charge in [-0.25, -0.2) is 8.78 Å². The van der Waals surface area contributed by atoms with Crippen LogP contribution in [0.25, 0.3) is 0 Å². The average molecular weight is 238 g/mol.